The van der Waals surface area contributed by atoms with Gasteiger partial charge in [0.25, 0.3) is 0 Å². The molecule has 0 bridgehead atoms. The first kappa shape index (κ1) is 27.5. The molecule has 140 valence electrons. The van der Waals surface area contributed by atoms with Crippen LogP contribution in [0.5, 0.6) is 0 Å². The van der Waals surface area contributed by atoms with Gasteiger partial charge in [0.2, 0.25) is 0 Å². The molecule has 0 spiro atoms. The van der Waals surface area contributed by atoms with Crippen molar-refractivity contribution in [3.05, 3.63) is 120 Å². The van der Waals surface area contributed by atoms with Crippen molar-refractivity contribution in [2.75, 3.05) is 0 Å². The van der Waals surface area contributed by atoms with Crippen molar-refractivity contribution in [2.45, 2.75) is 39.5 Å². The van der Waals surface area contributed by atoms with Crippen molar-refractivity contribution in [3.63, 3.8) is 0 Å². The zero-order valence-electron chi connectivity index (χ0n) is 18.6. The molecular formula is C27H30Li2. The Balaban J connectivity index is 0.000000610. The van der Waals surface area contributed by atoms with Gasteiger partial charge in [-0.1, -0.05) is 87.2 Å². The largest absolute Gasteiger partial charge is 1.00 e. The normalized spacial score (nSPS) is 9.59. The summed E-state index contributed by atoms with van der Waals surface area (Å²) in [5.74, 6) is 1.48. The van der Waals surface area contributed by atoms with Crippen LogP contribution in [0.15, 0.2) is 91.0 Å². The number of allylic oxidation sites excluding steroid dienone is 1. The zero-order valence-corrected chi connectivity index (χ0v) is 18.6. The molecule has 0 saturated carbocycles. The Hall–Kier alpha value is -1.54. The van der Waals surface area contributed by atoms with E-state index in [9.17, 15) is 0 Å². The third-order valence-electron chi connectivity index (χ3n) is 4.39. The van der Waals surface area contributed by atoms with E-state index in [0.717, 1.165) is 0 Å². The molecule has 29 heavy (non-hydrogen) atoms. The van der Waals surface area contributed by atoms with Gasteiger partial charge in [0.05, 0.1) is 0 Å². The number of hydrogen-bond acceptors (Lipinski definition) is 0. The Labute approximate surface area is 202 Å². The van der Waals surface area contributed by atoms with E-state index in [1.807, 2.05) is 31.2 Å². The molecule has 0 aromatic heterocycles. The van der Waals surface area contributed by atoms with E-state index in [0.29, 0.717) is 0 Å². The van der Waals surface area contributed by atoms with Gasteiger partial charge >= 0.3 is 37.7 Å². The molecule has 0 unspecified atom stereocenters. The molecule has 0 fully saturated rings. The van der Waals surface area contributed by atoms with E-state index in [4.69, 9.17) is 0 Å². The molecule has 3 aromatic carbocycles. The summed E-state index contributed by atoms with van der Waals surface area (Å²) in [6, 6.07) is 31.7. The molecule has 0 N–H and O–H groups in total. The third kappa shape index (κ3) is 10.7. The van der Waals surface area contributed by atoms with Crippen LogP contribution in [0.1, 0.15) is 56.2 Å². The Morgan fingerprint density at radius 1 is 0.690 bits per heavy atom. The Bertz CT molecular complexity index is 713. The number of benzene rings is 3. The Morgan fingerprint density at radius 2 is 1.14 bits per heavy atom. The van der Waals surface area contributed by atoms with Gasteiger partial charge in [-0.25, -0.2) is 6.08 Å². The summed E-state index contributed by atoms with van der Waals surface area (Å²) in [4.78, 5) is 0. The Morgan fingerprint density at radius 3 is 1.55 bits per heavy atom. The fourth-order valence-corrected chi connectivity index (χ4v) is 3.00. The van der Waals surface area contributed by atoms with Crippen LogP contribution in [0.3, 0.4) is 0 Å². The summed E-state index contributed by atoms with van der Waals surface area (Å²) >= 11 is 0. The number of hydrogen-bond donors (Lipinski definition) is 0. The minimum absolute atomic E-state index is 0. The summed E-state index contributed by atoms with van der Waals surface area (Å²) in [6.45, 7) is 4.15. The van der Waals surface area contributed by atoms with Crippen LogP contribution in [0.2, 0.25) is 0 Å². The van der Waals surface area contributed by atoms with Gasteiger partial charge in [-0.15, -0.1) is 60.4 Å². The summed E-state index contributed by atoms with van der Waals surface area (Å²) < 4.78 is 0. The van der Waals surface area contributed by atoms with Gasteiger partial charge in [-0.3, -0.25) is 6.08 Å². The topological polar surface area (TPSA) is 0 Å². The molecule has 0 atom stereocenters. The molecule has 0 aliphatic heterocycles. The van der Waals surface area contributed by atoms with Gasteiger partial charge in [0, 0.05) is 0 Å². The van der Waals surface area contributed by atoms with E-state index in [1.165, 1.54) is 48.3 Å². The fraction of sp³-hybridized carbons (Fsp3) is 0.222. The molecule has 0 saturated heterocycles. The van der Waals surface area contributed by atoms with Gasteiger partial charge in [-0.05, 0) is 0 Å². The quantitative estimate of drug-likeness (QED) is 0.339. The van der Waals surface area contributed by atoms with E-state index in [2.05, 4.69) is 85.8 Å². The molecule has 0 aliphatic rings. The van der Waals surface area contributed by atoms with Gasteiger partial charge in [0.15, 0.2) is 0 Å². The van der Waals surface area contributed by atoms with Crippen LogP contribution in [-0.4, -0.2) is 0 Å². The van der Waals surface area contributed by atoms with Crippen LogP contribution < -0.4 is 37.7 Å². The maximum absolute atomic E-state index is 2.96. The number of unbranched alkanes of at least 4 members (excludes halogenated alkanes) is 2. The van der Waals surface area contributed by atoms with Crippen LogP contribution >= 0.6 is 0 Å². The maximum Gasteiger partial charge on any atom is 1.00 e. The van der Waals surface area contributed by atoms with E-state index in [-0.39, 0.29) is 37.7 Å². The second kappa shape index (κ2) is 17.3. The summed E-state index contributed by atoms with van der Waals surface area (Å²) in [6.07, 6.45) is 9.94. The molecule has 0 aliphatic carbocycles. The van der Waals surface area contributed by atoms with Crippen molar-refractivity contribution in [1.82, 2.24) is 0 Å². The van der Waals surface area contributed by atoms with Crippen molar-refractivity contribution in [3.8, 4) is 0 Å². The summed E-state index contributed by atoms with van der Waals surface area (Å²) in [5, 5.41) is 0. The van der Waals surface area contributed by atoms with E-state index < -0.39 is 0 Å². The SMILES string of the molecule is CCCCC[C-](c1ccccc1)c1ccccc1.C[C-]=Cc1ccccc1.[Li+].[Li+]. The van der Waals surface area contributed by atoms with Crippen molar-refractivity contribution >= 4 is 6.08 Å². The monoisotopic (exact) mass is 368 g/mol. The third-order valence-corrected chi connectivity index (χ3v) is 4.39. The zero-order chi connectivity index (χ0) is 19.2. The molecule has 2 heteroatoms. The average Bonchev–Trinajstić information content (AvgIpc) is 2.74. The van der Waals surface area contributed by atoms with Gasteiger partial charge in [0.1, 0.15) is 0 Å². The Kier molecular flexibility index (Phi) is 16.4. The van der Waals surface area contributed by atoms with Gasteiger partial charge in [-0.2, -0.15) is 5.56 Å². The van der Waals surface area contributed by atoms with Crippen molar-refractivity contribution in [2.24, 2.45) is 0 Å². The standard InChI is InChI=1S/C18H21.C9H9.2Li/c1-2-3-6-15-18(16-11-7-4-8-12-16)17-13-9-5-10-14-17;1-2-6-9-7-4-3-5-8-9;;/h4-5,7-14H,2-3,6,15H2,1H3;3-8H,1H3;;/q2*-1;2*+1. The molecule has 0 nitrogen and oxygen atoms in total. The second-order valence-corrected chi connectivity index (χ2v) is 6.51. The molecule has 0 amide bonds. The van der Waals surface area contributed by atoms with Crippen LogP contribution in [0.4, 0.5) is 0 Å². The van der Waals surface area contributed by atoms with Crippen LogP contribution in [0.25, 0.3) is 6.08 Å². The predicted molar refractivity (Wildman–Crippen MR) is 118 cm³/mol. The first-order valence-electron chi connectivity index (χ1n) is 9.87. The minimum atomic E-state index is 0. The van der Waals surface area contributed by atoms with E-state index in [1.54, 1.807) is 0 Å². The fourth-order valence-electron chi connectivity index (χ4n) is 3.00. The molecule has 3 aromatic rings. The predicted octanol–water partition coefficient (Wildman–Crippen LogP) is 1.77. The summed E-state index contributed by atoms with van der Waals surface area (Å²) in [7, 11) is 0. The summed E-state index contributed by atoms with van der Waals surface area (Å²) in [5.41, 5.74) is 3.93. The van der Waals surface area contributed by atoms with Crippen LogP contribution in [-0.2, 0) is 0 Å². The van der Waals surface area contributed by atoms with Crippen molar-refractivity contribution < 1.29 is 37.7 Å². The van der Waals surface area contributed by atoms with E-state index >= 15 is 0 Å². The average molecular weight is 368 g/mol. The molecule has 3 rings (SSSR count). The second-order valence-electron chi connectivity index (χ2n) is 6.51. The molecular weight excluding hydrogens is 338 g/mol. The minimum Gasteiger partial charge on any atom is -0.278 e. The van der Waals surface area contributed by atoms with Gasteiger partial charge < -0.3 is 0 Å². The van der Waals surface area contributed by atoms with Crippen LogP contribution in [0, 0.1) is 12.0 Å². The van der Waals surface area contributed by atoms with Crippen molar-refractivity contribution in [1.29, 1.82) is 0 Å². The first-order valence-corrected chi connectivity index (χ1v) is 9.87. The molecule has 0 heterocycles. The maximum atomic E-state index is 2.96. The molecule has 0 radical (unpaired) electrons. The number of rotatable bonds is 7. The first-order chi connectivity index (χ1) is 13.3. The smallest absolute Gasteiger partial charge is 0.278 e.